The second-order valence-electron chi connectivity index (χ2n) is 9.82. The van der Waals surface area contributed by atoms with Gasteiger partial charge >= 0.3 is 5.97 Å². The largest absolute Gasteiger partial charge is 0.466 e. The average Bonchev–Trinajstić information content (AvgIpc) is 2.73. The third-order valence-corrected chi connectivity index (χ3v) is 5.83. The lowest BCUT2D eigenvalue weighted by Gasteiger charge is -2.09. The van der Waals surface area contributed by atoms with Gasteiger partial charge in [0.2, 0.25) is 0 Å². The van der Waals surface area contributed by atoms with E-state index in [-0.39, 0.29) is 5.97 Å². The lowest BCUT2D eigenvalue weighted by atomic mass is 9.99. The van der Waals surface area contributed by atoms with Crippen LogP contribution in [0.25, 0.3) is 0 Å². The van der Waals surface area contributed by atoms with E-state index in [1.807, 2.05) is 0 Å². The number of ether oxygens (including phenoxy) is 1. The van der Waals surface area contributed by atoms with Crippen LogP contribution in [0.15, 0.2) is 69.4 Å². The van der Waals surface area contributed by atoms with Gasteiger partial charge in [-0.1, -0.05) is 63.8 Å². The highest BCUT2D eigenvalue weighted by molar-refractivity contribution is 5.89. The smallest absolute Gasteiger partial charge is 0.333 e. The van der Waals surface area contributed by atoms with Crippen LogP contribution >= 0.6 is 0 Å². The standard InChI is InChI=1S/C31H50O2/c1-24(2)14-10-16-26(5)18-12-19-28(7)22-23-30(31(32)33-9)29(8)21-13-20-27(6)17-11-15-25(3)4/h14-15,18,20,22H,10-13,16-17,19,21,23H2,1-9H3/b26-18-,27-20+,28-22+,30-29+. The molecule has 0 aliphatic carbocycles. The molecule has 0 aromatic carbocycles. The molecule has 0 amide bonds. The molecule has 0 fully saturated rings. The Labute approximate surface area is 205 Å². The summed E-state index contributed by atoms with van der Waals surface area (Å²) in [5.74, 6) is -0.198. The fraction of sp³-hybridized carbons (Fsp3) is 0.581. The van der Waals surface area contributed by atoms with Crippen molar-refractivity contribution < 1.29 is 9.53 Å². The summed E-state index contributed by atoms with van der Waals surface area (Å²) in [7, 11) is 1.47. The van der Waals surface area contributed by atoms with Gasteiger partial charge in [0.15, 0.2) is 0 Å². The Morgan fingerprint density at radius 1 is 0.576 bits per heavy atom. The zero-order valence-corrected chi connectivity index (χ0v) is 23.1. The Balaban J connectivity index is 4.85. The normalized spacial score (nSPS) is 13.4. The molecule has 0 heterocycles. The molecular formula is C31H50O2. The van der Waals surface area contributed by atoms with Crippen LogP contribution in [0.3, 0.4) is 0 Å². The molecule has 0 aromatic rings. The van der Waals surface area contributed by atoms with E-state index in [0.717, 1.165) is 62.5 Å². The van der Waals surface area contributed by atoms with E-state index in [4.69, 9.17) is 4.74 Å². The molecule has 0 radical (unpaired) electrons. The van der Waals surface area contributed by atoms with Crippen molar-refractivity contribution in [1.82, 2.24) is 0 Å². The molecule has 0 spiro atoms. The Morgan fingerprint density at radius 3 is 1.39 bits per heavy atom. The van der Waals surface area contributed by atoms with Crippen molar-refractivity contribution in [2.45, 2.75) is 113 Å². The number of hydrogen-bond donors (Lipinski definition) is 0. The lowest BCUT2D eigenvalue weighted by Crippen LogP contribution is -2.07. The highest BCUT2D eigenvalue weighted by Gasteiger charge is 2.12. The van der Waals surface area contributed by atoms with E-state index in [1.165, 1.54) is 35.0 Å². The zero-order valence-electron chi connectivity index (χ0n) is 23.1. The Hall–Kier alpha value is -2.09. The quantitative estimate of drug-likeness (QED) is 0.140. The molecule has 0 atom stereocenters. The van der Waals surface area contributed by atoms with Crippen LogP contribution in [0.4, 0.5) is 0 Å². The minimum atomic E-state index is -0.198. The topological polar surface area (TPSA) is 26.3 Å². The second-order valence-corrected chi connectivity index (χ2v) is 9.82. The first-order valence-corrected chi connectivity index (χ1v) is 12.6. The van der Waals surface area contributed by atoms with Crippen LogP contribution in [-0.4, -0.2) is 13.1 Å². The fourth-order valence-corrected chi connectivity index (χ4v) is 3.55. The van der Waals surface area contributed by atoms with Gasteiger partial charge < -0.3 is 4.74 Å². The van der Waals surface area contributed by atoms with Crippen LogP contribution in [0.1, 0.15) is 113 Å². The van der Waals surface area contributed by atoms with Crippen molar-refractivity contribution in [3.05, 3.63) is 69.4 Å². The van der Waals surface area contributed by atoms with Gasteiger partial charge in [-0.2, -0.15) is 0 Å². The molecule has 0 saturated carbocycles. The molecule has 2 nitrogen and oxygen atoms in total. The van der Waals surface area contributed by atoms with E-state index in [1.54, 1.807) is 0 Å². The molecule has 186 valence electrons. The third-order valence-electron chi connectivity index (χ3n) is 5.83. The number of rotatable bonds is 15. The maximum Gasteiger partial charge on any atom is 0.333 e. The molecule has 33 heavy (non-hydrogen) atoms. The fourth-order valence-electron chi connectivity index (χ4n) is 3.55. The van der Waals surface area contributed by atoms with E-state index in [2.05, 4.69) is 85.8 Å². The first kappa shape index (κ1) is 30.9. The third kappa shape index (κ3) is 17.1. The van der Waals surface area contributed by atoms with E-state index >= 15 is 0 Å². The summed E-state index contributed by atoms with van der Waals surface area (Å²) in [5.41, 5.74) is 8.90. The minimum Gasteiger partial charge on any atom is -0.466 e. The Kier molecular flexibility index (Phi) is 17.2. The van der Waals surface area contributed by atoms with Crippen LogP contribution in [0, 0.1) is 0 Å². The van der Waals surface area contributed by atoms with E-state index < -0.39 is 0 Å². The summed E-state index contributed by atoms with van der Waals surface area (Å²) in [6.07, 6.45) is 20.5. The predicted octanol–water partition coefficient (Wildman–Crippen LogP) is 9.76. The number of hydrogen-bond acceptors (Lipinski definition) is 2. The molecule has 2 heteroatoms. The highest BCUT2D eigenvalue weighted by atomic mass is 16.5. The van der Waals surface area contributed by atoms with Crippen molar-refractivity contribution in [2.24, 2.45) is 0 Å². The molecule has 0 rings (SSSR count). The van der Waals surface area contributed by atoms with Crippen molar-refractivity contribution in [3.8, 4) is 0 Å². The minimum absolute atomic E-state index is 0.198. The molecule has 0 bridgehead atoms. The highest BCUT2D eigenvalue weighted by Crippen LogP contribution is 2.20. The predicted molar refractivity (Wildman–Crippen MR) is 146 cm³/mol. The van der Waals surface area contributed by atoms with Gasteiger partial charge in [-0.15, -0.1) is 0 Å². The number of allylic oxidation sites excluding steroid dienone is 11. The average molecular weight is 455 g/mol. The van der Waals surface area contributed by atoms with Gasteiger partial charge in [-0.05, 0) is 113 Å². The van der Waals surface area contributed by atoms with Gasteiger partial charge in [0, 0.05) is 5.57 Å². The number of carbonyl (C=O) groups is 1. The van der Waals surface area contributed by atoms with Crippen molar-refractivity contribution in [3.63, 3.8) is 0 Å². The van der Waals surface area contributed by atoms with Crippen LogP contribution in [-0.2, 0) is 9.53 Å². The van der Waals surface area contributed by atoms with Gasteiger partial charge in [0.1, 0.15) is 0 Å². The lowest BCUT2D eigenvalue weighted by molar-refractivity contribution is -0.136. The van der Waals surface area contributed by atoms with Gasteiger partial charge in [-0.25, -0.2) is 4.79 Å². The first-order chi connectivity index (χ1) is 15.6. The van der Waals surface area contributed by atoms with Crippen LogP contribution in [0.5, 0.6) is 0 Å². The molecule has 0 saturated heterocycles. The number of carbonyl (C=O) groups excluding carboxylic acids is 1. The zero-order chi connectivity index (χ0) is 25.2. The molecule has 0 aliphatic heterocycles. The van der Waals surface area contributed by atoms with Crippen molar-refractivity contribution >= 4 is 5.97 Å². The molecule has 0 aromatic heterocycles. The summed E-state index contributed by atoms with van der Waals surface area (Å²) in [6.45, 7) is 17.2. The van der Waals surface area contributed by atoms with Crippen LogP contribution < -0.4 is 0 Å². The molecule has 0 aliphatic rings. The van der Waals surface area contributed by atoms with Gasteiger partial charge in [0.05, 0.1) is 7.11 Å². The molecule has 0 unspecified atom stereocenters. The summed E-state index contributed by atoms with van der Waals surface area (Å²) < 4.78 is 5.07. The molecule has 0 N–H and O–H groups in total. The Morgan fingerprint density at radius 2 is 0.970 bits per heavy atom. The Bertz CT molecular complexity index is 774. The summed E-state index contributed by atoms with van der Waals surface area (Å²) >= 11 is 0. The number of methoxy groups -OCH3 is 1. The first-order valence-electron chi connectivity index (χ1n) is 12.6. The van der Waals surface area contributed by atoms with E-state index in [0.29, 0.717) is 6.42 Å². The van der Waals surface area contributed by atoms with Crippen molar-refractivity contribution in [2.75, 3.05) is 7.11 Å². The SMILES string of the molecule is COC(=O)/C(C/C=C(\C)CC/C=C(/C)CCC=C(C)C)=C(\C)CC/C=C(\C)CCC=C(C)C. The summed E-state index contributed by atoms with van der Waals surface area (Å²) in [6, 6.07) is 0. The number of esters is 1. The van der Waals surface area contributed by atoms with Crippen molar-refractivity contribution in [1.29, 1.82) is 0 Å². The van der Waals surface area contributed by atoms with E-state index in [9.17, 15) is 4.79 Å². The summed E-state index contributed by atoms with van der Waals surface area (Å²) in [5, 5.41) is 0. The van der Waals surface area contributed by atoms with Crippen LogP contribution in [0.2, 0.25) is 0 Å². The maximum atomic E-state index is 12.4. The maximum absolute atomic E-state index is 12.4. The second kappa shape index (κ2) is 18.3. The van der Waals surface area contributed by atoms with Gasteiger partial charge in [0.25, 0.3) is 0 Å². The summed E-state index contributed by atoms with van der Waals surface area (Å²) in [4.78, 5) is 12.4. The molecular weight excluding hydrogens is 404 g/mol. The monoisotopic (exact) mass is 454 g/mol. The van der Waals surface area contributed by atoms with Gasteiger partial charge in [-0.3, -0.25) is 0 Å².